The van der Waals surface area contributed by atoms with E-state index in [0.717, 1.165) is 11.3 Å². The van der Waals surface area contributed by atoms with Gasteiger partial charge in [0.15, 0.2) is 5.82 Å². The summed E-state index contributed by atoms with van der Waals surface area (Å²) in [6.45, 7) is 4.34. The van der Waals surface area contributed by atoms with Crippen LogP contribution >= 0.6 is 0 Å². The molecular formula is C12H16N4O. The molecule has 5 nitrogen and oxygen atoms in total. The lowest BCUT2D eigenvalue weighted by atomic mass is 10.1. The van der Waals surface area contributed by atoms with Gasteiger partial charge in [0.05, 0.1) is 6.61 Å². The average Bonchev–Trinajstić information content (AvgIpc) is 2.58. The zero-order chi connectivity index (χ0) is 12.4. The van der Waals surface area contributed by atoms with Crippen LogP contribution in [0, 0.1) is 6.92 Å². The van der Waals surface area contributed by atoms with E-state index < -0.39 is 0 Å². The van der Waals surface area contributed by atoms with Crippen LogP contribution in [-0.4, -0.2) is 16.3 Å². The minimum Gasteiger partial charge on any atom is -0.493 e. The van der Waals surface area contributed by atoms with Gasteiger partial charge < -0.3 is 16.3 Å². The second-order valence-corrected chi connectivity index (χ2v) is 3.69. The van der Waals surface area contributed by atoms with E-state index in [1.165, 1.54) is 4.68 Å². The quantitative estimate of drug-likeness (QED) is 0.787. The molecule has 5 heteroatoms. The summed E-state index contributed by atoms with van der Waals surface area (Å²) in [5, 5.41) is 0. The van der Waals surface area contributed by atoms with Gasteiger partial charge in [-0.1, -0.05) is 12.1 Å². The molecule has 0 saturated heterocycles. The molecule has 0 atom stereocenters. The molecule has 1 aromatic heterocycles. The molecule has 17 heavy (non-hydrogen) atoms. The Morgan fingerprint density at radius 2 is 2.06 bits per heavy atom. The van der Waals surface area contributed by atoms with Gasteiger partial charge in [0.2, 0.25) is 0 Å². The van der Waals surface area contributed by atoms with E-state index >= 15 is 0 Å². The Morgan fingerprint density at radius 1 is 1.35 bits per heavy atom. The number of nitrogen functional groups attached to an aromatic ring is 2. The molecule has 2 aromatic rings. The Kier molecular flexibility index (Phi) is 2.91. The van der Waals surface area contributed by atoms with Crippen molar-refractivity contribution in [1.82, 2.24) is 9.66 Å². The topological polar surface area (TPSA) is 79.1 Å². The average molecular weight is 232 g/mol. The zero-order valence-electron chi connectivity index (χ0n) is 9.97. The van der Waals surface area contributed by atoms with E-state index in [0.29, 0.717) is 23.9 Å². The first-order chi connectivity index (χ1) is 8.15. The lowest BCUT2D eigenvalue weighted by Crippen LogP contribution is -2.13. The highest BCUT2D eigenvalue weighted by Crippen LogP contribution is 2.32. The number of benzene rings is 1. The van der Waals surface area contributed by atoms with Crippen LogP contribution in [0.4, 0.5) is 5.82 Å². The Balaban J connectivity index is 2.56. The summed E-state index contributed by atoms with van der Waals surface area (Å²) in [5.74, 6) is 7.63. The van der Waals surface area contributed by atoms with Gasteiger partial charge in [-0.05, 0) is 26.0 Å². The molecule has 1 aromatic carbocycles. The van der Waals surface area contributed by atoms with Crippen LogP contribution in [0.2, 0.25) is 0 Å². The summed E-state index contributed by atoms with van der Waals surface area (Å²) >= 11 is 0. The van der Waals surface area contributed by atoms with Crippen molar-refractivity contribution >= 4 is 5.82 Å². The van der Waals surface area contributed by atoms with Gasteiger partial charge >= 0.3 is 0 Å². The Hall–Kier alpha value is -2.17. The van der Waals surface area contributed by atoms with Crippen LogP contribution in [-0.2, 0) is 0 Å². The van der Waals surface area contributed by atoms with E-state index in [4.69, 9.17) is 16.3 Å². The maximum absolute atomic E-state index is 5.92. The first kappa shape index (κ1) is 11.3. The zero-order valence-corrected chi connectivity index (χ0v) is 9.97. The number of aryl methyl sites for hydroxylation is 1. The van der Waals surface area contributed by atoms with Gasteiger partial charge in [0, 0.05) is 5.56 Å². The highest BCUT2D eigenvalue weighted by atomic mass is 16.5. The Labute approximate surface area is 100.0 Å². The molecule has 0 spiro atoms. The van der Waals surface area contributed by atoms with Crippen molar-refractivity contribution in [1.29, 1.82) is 0 Å². The Morgan fingerprint density at radius 3 is 2.65 bits per heavy atom. The van der Waals surface area contributed by atoms with Gasteiger partial charge in [0.1, 0.15) is 17.3 Å². The summed E-state index contributed by atoms with van der Waals surface area (Å²) in [5.41, 5.74) is 7.44. The molecule has 1 heterocycles. The number of hydrogen-bond donors (Lipinski definition) is 2. The molecule has 0 radical (unpaired) electrons. The smallest absolute Gasteiger partial charge is 0.150 e. The van der Waals surface area contributed by atoms with Crippen molar-refractivity contribution in [2.75, 3.05) is 18.2 Å². The number of rotatable bonds is 3. The first-order valence-corrected chi connectivity index (χ1v) is 5.47. The lowest BCUT2D eigenvalue weighted by Gasteiger charge is -2.08. The van der Waals surface area contributed by atoms with Crippen LogP contribution in [0.5, 0.6) is 5.75 Å². The number of anilines is 1. The van der Waals surface area contributed by atoms with Crippen LogP contribution in [0.1, 0.15) is 12.7 Å². The van der Waals surface area contributed by atoms with Gasteiger partial charge in [-0.3, -0.25) is 0 Å². The molecule has 90 valence electrons. The normalized spacial score (nSPS) is 10.5. The van der Waals surface area contributed by atoms with E-state index in [-0.39, 0.29) is 0 Å². The summed E-state index contributed by atoms with van der Waals surface area (Å²) in [7, 11) is 0. The summed E-state index contributed by atoms with van der Waals surface area (Å²) in [6.07, 6.45) is 0. The lowest BCUT2D eigenvalue weighted by molar-refractivity contribution is 0.341. The fraction of sp³-hybridized carbons (Fsp3) is 0.250. The molecule has 0 aliphatic carbocycles. The Bertz CT molecular complexity index is 533. The second kappa shape index (κ2) is 4.37. The van der Waals surface area contributed by atoms with E-state index in [1.54, 1.807) is 0 Å². The number of imidazole rings is 1. The SMILES string of the molecule is CCOc1ccccc1-c1nc(C)n(N)c1N. The number of hydrogen-bond acceptors (Lipinski definition) is 4. The van der Waals surface area contributed by atoms with Crippen molar-refractivity contribution in [3.63, 3.8) is 0 Å². The van der Waals surface area contributed by atoms with E-state index in [2.05, 4.69) is 4.98 Å². The van der Waals surface area contributed by atoms with Crippen LogP contribution < -0.4 is 16.3 Å². The fourth-order valence-electron chi connectivity index (χ4n) is 1.70. The van der Waals surface area contributed by atoms with Crippen LogP contribution in [0.15, 0.2) is 24.3 Å². The number of ether oxygens (including phenoxy) is 1. The van der Waals surface area contributed by atoms with Gasteiger partial charge in [0.25, 0.3) is 0 Å². The standard InChI is InChI=1S/C12H16N4O/c1-3-17-10-7-5-4-6-9(10)11-12(13)16(14)8(2)15-11/h4-7H,3,13-14H2,1-2H3. The maximum Gasteiger partial charge on any atom is 0.150 e. The predicted octanol–water partition coefficient (Wildman–Crippen LogP) is 1.55. The maximum atomic E-state index is 5.92. The monoisotopic (exact) mass is 232 g/mol. The predicted molar refractivity (Wildman–Crippen MR) is 68.1 cm³/mol. The first-order valence-electron chi connectivity index (χ1n) is 5.47. The second-order valence-electron chi connectivity index (χ2n) is 3.69. The molecule has 0 aliphatic heterocycles. The molecule has 0 bridgehead atoms. The van der Waals surface area contributed by atoms with Crippen molar-refractivity contribution < 1.29 is 4.74 Å². The number of nitrogens with two attached hydrogens (primary N) is 2. The molecule has 4 N–H and O–H groups in total. The highest BCUT2D eigenvalue weighted by Gasteiger charge is 2.15. The largest absolute Gasteiger partial charge is 0.493 e. The van der Waals surface area contributed by atoms with Crippen molar-refractivity contribution in [3.8, 4) is 17.0 Å². The van der Waals surface area contributed by atoms with Crippen molar-refractivity contribution in [2.24, 2.45) is 0 Å². The summed E-state index contributed by atoms with van der Waals surface area (Å²) in [4.78, 5) is 4.36. The van der Waals surface area contributed by atoms with Crippen molar-refractivity contribution in [2.45, 2.75) is 13.8 Å². The van der Waals surface area contributed by atoms with Crippen LogP contribution in [0.25, 0.3) is 11.3 Å². The van der Waals surface area contributed by atoms with Gasteiger partial charge in [-0.2, -0.15) is 0 Å². The molecule has 0 aliphatic rings. The van der Waals surface area contributed by atoms with Crippen LogP contribution in [0.3, 0.4) is 0 Å². The molecule has 0 fully saturated rings. The number of aromatic nitrogens is 2. The van der Waals surface area contributed by atoms with Crippen molar-refractivity contribution in [3.05, 3.63) is 30.1 Å². The molecular weight excluding hydrogens is 216 g/mol. The van der Waals surface area contributed by atoms with E-state index in [1.807, 2.05) is 38.1 Å². The minimum absolute atomic E-state index is 0.439. The molecule has 0 unspecified atom stereocenters. The number of para-hydroxylation sites is 1. The third-order valence-corrected chi connectivity index (χ3v) is 2.57. The third kappa shape index (κ3) is 1.91. The highest BCUT2D eigenvalue weighted by molar-refractivity contribution is 5.76. The summed E-state index contributed by atoms with van der Waals surface area (Å²) < 4.78 is 6.92. The fourth-order valence-corrected chi connectivity index (χ4v) is 1.70. The number of nitrogens with zero attached hydrogens (tertiary/aromatic N) is 2. The minimum atomic E-state index is 0.439. The molecule has 0 amide bonds. The summed E-state index contributed by atoms with van der Waals surface area (Å²) in [6, 6.07) is 7.64. The molecule has 2 rings (SSSR count). The molecule has 0 saturated carbocycles. The van der Waals surface area contributed by atoms with E-state index in [9.17, 15) is 0 Å². The van der Waals surface area contributed by atoms with Gasteiger partial charge in [-0.15, -0.1) is 0 Å². The third-order valence-electron chi connectivity index (χ3n) is 2.57. The van der Waals surface area contributed by atoms with Gasteiger partial charge in [-0.25, -0.2) is 9.66 Å².